The van der Waals surface area contributed by atoms with Gasteiger partial charge in [0.25, 0.3) is 0 Å². The highest BCUT2D eigenvalue weighted by atomic mass is 19.1. The monoisotopic (exact) mass is 1040 g/mol. The first-order valence-electron chi connectivity index (χ1n) is 26.0. The van der Waals surface area contributed by atoms with Crippen molar-refractivity contribution in [1.82, 2.24) is 60.5 Å². The Labute approximate surface area is 441 Å². The van der Waals surface area contributed by atoms with Crippen molar-refractivity contribution in [3.63, 3.8) is 0 Å². The number of amides is 2. The number of fused-ring (bicyclic) bond motifs is 2. The number of hydrogen-bond acceptors (Lipinski definition) is 18. The zero-order valence-corrected chi connectivity index (χ0v) is 44.4. The largest absolute Gasteiger partial charge is 0.444 e. The fourth-order valence-electron chi connectivity index (χ4n) is 9.86. The predicted octanol–water partition coefficient (Wildman–Crippen LogP) is 8.17. The minimum absolute atomic E-state index is 0.0129. The normalized spacial score (nSPS) is 18.2. The van der Waals surface area contributed by atoms with Gasteiger partial charge in [-0.15, -0.1) is 0 Å². The molecule has 2 atom stereocenters. The summed E-state index contributed by atoms with van der Waals surface area (Å²) in [5.41, 5.74) is 3.57. The van der Waals surface area contributed by atoms with Crippen molar-refractivity contribution < 1.29 is 27.8 Å². The van der Waals surface area contributed by atoms with E-state index in [-0.39, 0.29) is 30.0 Å². The van der Waals surface area contributed by atoms with Crippen LogP contribution in [0, 0.1) is 11.8 Å². The highest BCUT2D eigenvalue weighted by Gasteiger charge is 2.32. The van der Waals surface area contributed by atoms with Crippen LogP contribution in [0.1, 0.15) is 116 Å². The molecule has 10 rings (SSSR count). The Kier molecular flexibility index (Phi) is 15.8. The van der Waals surface area contributed by atoms with Crippen LogP contribution in [0.15, 0.2) is 73.6 Å². The van der Waals surface area contributed by atoms with Gasteiger partial charge in [0.15, 0.2) is 23.3 Å². The van der Waals surface area contributed by atoms with Crippen molar-refractivity contribution in [3.05, 3.63) is 108 Å². The van der Waals surface area contributed by atoms with Crippen LogP contribution in [0.25, 0.3) is 23.3 Å². The molecule has 2 amide bonds. The number of hydrogen-bond donors (Lipinski definition) is 2. The molecular formula is C54H66F2N16O4. The number of pyridine rings is 2. The average molecular weight is 1040 g/mol. The molecule has 2 unspecified atom stereocenters. The Morgan fingerprint density at radius 1 is 0.539 bits per heavy atom. The van der Waals surface area contributed by atoms with Crippen LogP contribution in [0.5, 0.6) is 0 Å². The summed E-state index contributed by atoms with van der Waals surface area (Å²) in [5.74, 6) is 2.91. The van der Waals surface area contributed by atoms with Gasteiger partial charge in [-0.1, -0.05) is 0 Å². The number of piperidine rings is 2. The third-order valence-electron chi connectivity index (χ3n) is 13.6. The number of ether oxygens (including phenoxy) is 2. The molecule has 2 fully saturated rings. The number of carbonyl (C=O) groups is 2. The lowest BCUT2D eigenvalue weighted by atomic mass is 9.99. The van der Waals surface area contributed by atoms with Crippen LogP contribution in [0.4, 0.5) is 41.5 Å². The molecule has 6 aromatic heterocycles. The maximum atomic E-state index is 14.8. The van der Waals surface area contributed by atoms with E-state index >= 15 is 0 Å². The molecule has 10 heterocycles. The van der Waals surface area contributed by atoms with Crippen LogP contribution in [0.3, 0.4) is 0 Å². The third-order valence-corrected chi connectivity index (χ3v) is 13.6. The second kappa shape index (κ2) is 22.6. The molecule has 0 spiro atoms. The van der Waals surface area contributed by atoms with Crippen LogP contribution < -0.4 is 30.2 Å². The van der Waals surface area contributed by atoms with Crippen molar-refractivity contribution >= 4 is 35.3 Å². The molecule has 2 saturated heterocycles. The van der Waals surface area contributed by atoms with E-state index in [1.807, 2.05) is 60.0 Å². The SMILES string of the molecule is CC1c2cnc(-c3ncccn3)nc2CCN1c1cc(F)cc(N2CCC(NC(=O)OC(C)(C)C)CC2)n1.CC1c2cnc(-c3ncccn3)nc2CCN1c1cc(N2CCC(NC(=O)OC(C)(C)C)CC2)cc(F)n1. The number of carbonyl (C=O) groups excluding carboxylic acids is 2. The first kappa shape index (κ1) is 53.1. The predicted molar refractivity (Wildman–Crippen MR) is 283 cm³/mol. The van der Waals surface area contributed by atoms with Crippen LogP contribution in [-0.2, 0) is 22.3 Å². The molecular weight excluding hydrogens is 975 g/mol. The summed E-state index contributed by atoms with van der Waals surface area (Å²) in [4.78, 5) is 77.1. The van der Waals surface area contributed by atoms with E-state index in [1.54, 1.807) is 36.9 Å². The highest BCUT2D eigenvalue weighted by molar-refractivity contribution is 5.69. The maximum Gasteiger partial charge on any atom is 0.407 e. The van der Waals surface area contributed by atoms with Crippen LogP contribution >= 0.6 is 0 Å². The molecule has 400 valence electrons. The second-order valence-corrected chi connectivity index (χ2v) is 21.4. The van der Waals surface area contributed by atoms with Gasteiger partial charge in [-0.05, 0) is 93.2 Å². The summed E-state index contributed by atoms with van der Waals surface area (Å²) in [6.45, 7) is 19.2. The Morgan fingerprint density at radius 3 is 1.43 bits per heavy atom. The first-order valence-corrected chi connectivity index (χ1v) is 26.0. The van der Waals surface area contributed by atoms with E-state index in [0.717, 1.165) is 53.9 Å². The Balaban J connectivity index is 0.000000186. The quantitative estimate of drug-likeness (QED) is 0.137. The van der Waals surface area contributed by atoms with Gasteiger partial charge in [-0.3, -0.25) is 0 Å². The van der Waals surface area contributed by atoms with Gasteiger partial charge in [0.05, 0.1) is 23.5 Å². The number of nitrogens with one attached hydrogen (secondary N) is 2. The Morgan fingerprint density at radius 2 is 0.974 bits per heavy atom. The van der Waals surface area contributed by atoms with Crippen LogP contribution in [-0.4, -0.2) is 125 Å². The summed E-state index contributed by atoms with van der Waals surface area (Å²) in [6, 6.07) is 9.78. The van der Waals surface area contributed by atoms with Gasteiger partial charge < -0.3 is 39.7 Å². The van der Waals surface area contributed by atoms with Gasteiger partial charge in [-0.25, -0.2) is 63.8 Å². The molecule has 20 nitrogen and oxygen atoms in total. The topological polar surface area (TPSA) is 219 Å². The van der Waals surface area contributed by atoms with E-state index < -0.39 is 29.3 Å². The molecule has 4 aliphatic heterocycles. The summed E-state index contributed by atoms with van der Waals surface area (Å²) in [7, 11) is 0. The van der Waals surface area contributed by atoms with Crippen LogP contribution in [0.2, 0.25) is 0 Å². The molecule has 0 radical (unpaired) electrons. The van der Waals surface area contributed by atoms with E-state index in [9.17, 15) is 18.4 Å². The second-order valence-electron chi connectivity index (χ2n) is 21.4. The molecule has 4 aliphatic rings. The van der Waals surface area contributed by atoms with Crippen molar-refractivity contribution in [2.24, 2.45) is 0 Å². The molecule has 2 N–H and O–H groups in total. The summed E-state index contributed by atoms with van der Waals surface area (Å²) >= 11 is 0. The fraction of sp³-hybridized carbons (Fsp3) is 0.481. The lowest BCUT2D eigenvalue weighted by Crippen LogP contribution is -2.46. The molecule has 6 aromatic rings. The molecule has 0 aromatic carbocycles. The molecule has 0 aliphatic carbocycles. The van der Waals surface area contributed by atoms with Gasteiger partial charge in [0, 0.05) is 142 Å². The highest BCUT2D eigenvalue weighted by Crippen LogP contribution is 2.36. The third kappa shape index (κ3) is 13.2. The first-order chi connectivity index (χ1) is 36.3. The van der Waals surface area contributed by atoms with Gasteiger partial charge in [0.1, 0.15) is 34.5 Å². The molecule has 0 bridgehead atoms. The number of alkyl carbamates (subject to hydrolysis) is 2. The fourth-order valence-corrected chi connectivity index (χ4v) is 9.86. The van der Waals surface area contributed by atoms with E-state index in [4.69, 9.17) is 24.4 Å². The smallest absolute Gasteiger partial charge is 0.407 e. The minimum Gasteiger partial charge on any atom is -0.444 e. The van der Waals surface area contributed by atoms with Gasteiger partial charge in [-0.2, -0.15) is 4.39 Å². The lowest BCUT2D eigenvalue weighted by molar-refractivity contribution is 0.0485. The number of nitrogens with zero attached hydrogens (tertiary/aromatic N) is 14. The zero-order chi connectivity index (χ0) is 53.7. The zero-order valence-electron chi connectivity index (χ0n) is 44.4. The minimum atomic E-state index is -0.538. The van der Waals surface area contributed by atoms with E-state index in [1.165, 1.54) is 18.2 Å². The molecule has 0 saturated carbocycles. The summed E-state index contributed by atoms with van der Waals surface area (Å²) in [5, 5.41) is 5.89. The Bertz CT molecular complexity index is 2780. The number of halogens is 2. The van der Waals surface area contributed by atoms with Crippen molar-refractivity contribution in [1.29, 1.82) is 0 Å². The number of aromatic nitrogens is 10. The average Bonchev–Trinajstić information content (AvgIpc) is 3.38. The van der Waals surface area contributed by atoms with Crippen molar-refractivity contribution in [3.8, 4) is 23.3 Å². The lowest BCUT2D eigenvalue weighted by Gasteiger charge is -2.37. The standard InChI is InChI=1S/2C27H33FN8O2/c1-17-20-16-31-25(24-29-9-5-10-30-24)33-21(20)8-13-36(17)23-15-18(28)14-22(34-23)35-11-6-19(7-12-35)32-26(37)38-27(2,3)4;1-17-20-16-31-25(24-29-9-5-10-30-24)33-21(20)8-13-36(17)23-15-19(14-22(28)34-23)35-11-6-18(7-12-35)32-26(37)38-27(2,3)4/h5,9-10,14-17,19H,6-8,11-13H2,1-4H3,(H,32,37);5,9-10,14-18H,6-8,11-13H2,1-4H3,(H,32,37). The summed E-state index contributed by atoms with van der Waals surface area (Å²) < 4.78 is 40.3. The summed E-state index contributed by atoms with van der Waals surface area (Å²) in [6.07, 6.45) is 13.8. The van der Waals surface area contributed by atoms with Crippen molar-refractivity contribution in [2.45, 2.75) is 129 Å². The van der Waals surface area contributed by atoms with E-state index in [0.29, 0.717) is 92.9 Å². The Hall–Kier alpha value is -7.78. The van der Waals surface area contributed by atoms with Gasteiger partial charge in [0.2, 0.25) is 5.95 Å². The molecule has 76 heavy (non-hydrogen) atoms. The maximum absolute atomic E-state index is 14.8. The van der Waals surface area contributed by atoms with E-state index in [2.05, 4.69) is 79.0 Å². The van der Waals surface area contributed by atoms with Crippen molar-refractivity contribution in [2.75, 3.05) is 58.9 Å². The number of anilines is 4. The number of rotatable bonds is 8. The van der Waals surface area contributed by atoms with Gasteiger partial charge >= 0.3 is 12.2 Å². The molecule has 22 heteroatoms.